The van der Waals surface area contributed by atoms with Gasteiger partial charge in [-0.3, -0.25) is 0 Å². The highest BCUT2D eigenvalue weighted by atomic mass is 79.9. The Morgan fingerprint density at radius 2 is 1.11 bits per heavy atom. The Hall–Kier alpha value is -3.43. The minimum absolute atomic E-state index is 0.846. The van der Waals surface area contributed by atoms with Crippen LogP contribution in [0.15, 0.2) is 118 Å². The molecule has 1 heterocycles. The Morgan fingerprint density at radius 3 is 1.73 bits per heavy atom. The van der Waals surface area contributed by atoms with Crippen LogP contribution < -0.4 is 0 Å². The smallest absolute Gasteiger partial charge is 0.149 e. The van der Waals surface area contributed by atoms with Crippen molar-refractivity contribution in [3.63, 3.8) is 0 Å². The van der Waals surface area contributed by atoms with Gasteiger partial charge in [-0.05, 0) is 55.4 Å². The van der Waals surface area contributed by atoms with Crippen LogP contribution in [0.25, 0.3) is 44.2 Å². The van der Waals surface area contributed by atoms with E-state index in [0.29, 0.717) is 0 Å². The molecule has 0 bridgehead atoms. The minimum Gasteiger partial charge on any atom is -0.454 e. The Morgan fingerprint density at radius 1 is 0.568 bits per heavy atom. The molecule has 1 aliphatic carbocycles. The summed E-state index contributed by atoms with van der Waals surface area (Å²) < 4.78 is 7.30. The maximum Gasteiger partial charge on any atom is 0.149 e. The van der Waals surface area contributed by atoms with Crippen molar-refractivity contribution in [1.29, 1.82) is 0 Å². The Kier molecular flexibility index (Phi) is 4.94. The molecular formula is C32H18B3BrO. The van der Waals surface area contributed by atoms with Crippen LogP contribution >= 0.6 is 15.9 Å². The summed E-state index contributed by atoms with van der Waals surface area (Å²) >= 11 is 3.62. The van der Waals surface area contributed by atoms with Gasteiger partial charge in [-0.25, -0.2) is 0 Å². The third-order valence-electron chi connectivity index (χ3n) is 7.71. The summed E-state index contributed by atoms with van der Waals surface area (Å²) in [6, 6.07) is 37.2. The standard InChI is InChI=1S/C32H18B3BrO/c33-32(34,35)31(26-12-3-1-7-22(26)23-8-2-4-13-27(23)31)20-17-15-19(16-18-20)21-9-5-10-24-25-11-6-14-28(36)30(25)37-29(21)24/h1-18H. The topological polar surface area (TPSA) is 13.1 Å². The SMILES string of the molecule is [B]C([B])([B])C1(c2ccc(-c3cccc4c3oc3c(Br)cccc34)cc2)c2ccccc2-c2ccccc21. The number of rotatable bonds is 3. The number of fused-ring (bicyclic) bond motifs is 6. The fourth-order valence-electron chi connectivity index (χ4n) is 6.18. The van der Waals surface area contributed by atoms with E-state index in [1.807, 2.05) is 36.4 Å². The van der Waals surface area contributed by atoms with E-state index in [1.165, 1.54) is 0 Å². The highest BCUT2D eigenvalue weighted by Crippen LogP contribution is 2.60. The second kappa shape index (κ2) is 8.04. The van der Waals surface area contributed by atoms with Gasteiger partial charge in [0.2, 0.25) is 0 Å². The van der Waals surface area contributed by atoms with Crippen molar-refractivity contribution in [1.82, 2.24) is 0 Å². The number of hydrogen-bond donors (Lipinski definition) is 0. The average molecular weight is 531 g/mol. The molecule has 5 aromatic carbocycles. The van der Waals surface area contributed by atoms with E-state index < -0.39 is 10.5 Å². The molecule has 0 saturated carbocycles. The minimum atomic E-state index is -1.54. The molecule has 5 heteroatoms. The lowest BCUT2D eigenvalue weighted by Gasteiger charge is -2.46. The van der Waals surface area contributed by atoms with Crippen molar-refractivity contribution < 1.29 is 4.42 Å². The van der Waals surface area contributed by atoms with Crippen LogP contribution in [0.5, 0.6) is 0 Å². The van der Waals surface area contributed by atoms with E-state index in [1.54, 1.807) is 0 Å². The van der Waals surface area contributed by atoms with E-state index in [9.17, 15) is 0 Å². The van der Waals surface area contributed by atoms with Crippen LogP contribution in [-0.4, -0.2) is 23.5 Å². The first-order chi connectivity index (χ1) is 17.9. The van der Waals surface area contributed by atoms with E-state index in [2.05, 4.69) is 88.7 Å². The first kappa shape index (κ1) is 22.7. The molecule has 0 amide bonds. The fraction of sp³-hybridized carbons (Fsp3) is 0.0625. The lowest BCUT2D eigenvalue weighted by molar-refractivity contribution is 0.640. The maximum absolute atomic E-state index is 6.65. The third-order valence-corrected chi connectivity index (χ3v) is 8.33. The van der Waals surface area contributed by atoms with Crippen LogP contribution in [0, 0.1) is 0 Å². The molecule has 0 spiro atoms. The van der Waals surface area contributed by atoms with Gasteiger partial charge in [-0.2, -0.15) is 0 Å². The molecule has 0 N–H and O–H groups in total. The Balaban J connectivity index is 1.45. The molecule has 0 fully saturated rings. The van der Waals surface area contributed by atoms with Crippen molar-refractivity contribution in [2.75, 3.05) is 0 Å². The lowest BCUT2D eigenvalue weighted by atomic mass is 9.30. The summed E-state index contributed by atoms with van der Waals surface area (Å²) in [5.41, 5.74) is 8.03. The number of para-hydroxylation sites is 2. The van der Waals surface area contributed by atoms with Gasteiger partial charge in [0, 0.05) is 21.8 Å². The highest BCUT2D eigenvalue weighted by molar-refractivity contribution is 9.10. The number of hydrogen-bond acceptors (Lipinski definition) is 1. The van der Waals surface area contributed by atoms with Crippen molar-refractivity contribution >= 4 is 61.4 Å². The molecule has 168 valence electrons. The zero-order chi connectivity index (χ0) is 25.4. The summed E-state index contributed by atoms with van der Waals surface area (Å²) in [5, 5.41) is 0.625. The molecule has 0 unspecified atom stereocenters. The molecule has 7 rings (SSSR count). The predicted octanol–water partition coefficient (Wildman–Crippen LogP) is 7.91. The monoisotopic (exact) mass is 530 g/mol. The highest BCUT2D eigenvalue weighted by Gasteiger charge is 2.50. The summed E-state index contributed by atoms with van der Waals surface area (Å²) in [6.07, 6.45) is 0. The quantitative estimate of drug-likeness (QED) is 0.212. The van der Waals surface area contributed by atoms with Gasteiger partial charge in [0.15, 0.2) is 0 Å². The second-order valence-corrected chi connectivity index (χ2v) is 10.6. The van der Waals surface area contributed by atoms with Gasteiger partial charge in [0.05, 0.1) is 28.0 Å². The van der Waals surface area contributed by atoms with Crippen molar-refractivity contribution in [2.24, 2.45) is 0 Å². The molecule has 6 aromatic rings. The van der Waals surface area contributed by atoms with Crippen molar-refractivity contribution in [2.45, 2.75) is 10.5 Å². The molecule has 0 saturated heterocycles. The summed E-state index contributed by atoms with van der Waals surface area (Å²) in [6.45, 7) is 0. The van der Waals surface area contributed by atoms with Gasteiger partial charge < -0.3 is 4.42 Å². The second-order valence-electron chi connectivity index (χ2n) is 9.75. The largest absolute Gasteiger partial charge is 0.454 e. The van der Waals surface area contributed by atoms with Crippen LogP contribution in [0.1, 0.15) is 16.7 Å². The van der Waals surface area contributed by atoms with Crippen molar-refractivity contribution in [3.05, 3.63) is 130 Å². The Labute approximate surface area is 228 Å². The van der Waals surface area contributed by atoms with E-state index >= 15 is 0 Å². The van der Waals surface area contributed by atoms with E-state index in [-0.39, 0.29) is 0 Å². The third kappa shape index (κ3) is 3.07. The number of furan rings is 1. The maximum atomic E-state index is 6.65. The first-order valence-electron chi connectivity index (χ1n) is 12.2. The molecule has 0 atom stereocenters. The predicted molar refractivity (Wildman–Crippen MR) is 159 cm³/mol. The van der Waals surface area contributed by atoms with Gasteiger partial charge in [-0.1, -0.05) is 103 Å². The number of benzene rings is 5. The van der Waals surface area contributed by atoms with Gasteiger partial charge in [0.1, 0.15) is 11.2 Å². The normalized spacial score (nSPS) is 14.1. The molecule has 37 heavy (non-hydrogen) atoms. The molecule has 6 radical (unpaired) electrons. The summed E-state index contributed by atoms with van der Waals surface area (Å²) in [4.78, 5) is 0. The van der Waals surface area contributed by atoms with Crippen LogP contribution in [-0.2, 0) is 5.41 Å². The Bertz CT molecular complexity index is 1780. The van der Waals surface area contributed by atoms with Gasteiger partial charge >= 0.3 is 0 Å². The van der Waals surface area contributed by atoms with Gasteiger partial charge in [0.25, 0.3) is 0 Å². The van der Waals surface area contributed by atoms with Crippen LogP contribution in [0.3, 0.4) is 0 Å². The van der Waals surface area contributed by atoms with E-state index in [0.717, 1.165) is 65.4 Å². The summed E-state index contributed by atoms with van der Waals surface area (Å²) in [5.74, 6) is 0. The zero-order valence-electron chi connectivity index (χ0n) is 19.9. The van der Waals surface area contributed by atoms with Crippen LogP contribution in [0.2, 0.25) is 5.11 Å². The molecule has 1 aromatic heterocycles. The van der Waals surface area contributed by atoms with Crippen molar-refractivity contribution in [3.8, 4) is 22.3 Å². The summed E-state index contributed by atoms with van der Waals surface area (Å²) in [7, 11) is 20.0. The lowest BCUT2D eigenvalue weighted by Crippen LogP contribution is -2.42. The molecule has 0 aliphatic heterocycles. The average Bonchev–Trinajstić information content (AvgIpc) is 3.44. The number of halogens is 1. The molecule has 1 nitrogen and oxygen atoms in total. The van der Waals surface area contributed by atoms with Crippen LogP contribution in [0.4, 0.5) is 0 Å². The fourth-order valence-corrected chi connectivity index (χ4v) is 6.62. The van der Waals surface area contributed by atoms with E-state index in [4.69, 9.17) is 28.0 Å². The van der Waals surface area contributed by atoms with Gasteiger partial charge in [-0.15, -0.1) is 5.11 Å². The first-order valence-corrected chi connectivity index (χ1v) is 13.0. The zero-order valence-corrected chi connectivity index (χ0v) is 21.5. The molecule has 1 aliphatic rings. The molecular weight excluding hydrogens is 513 g/mol.